The molecule has 0 spiro atoms. The van der Waals surface area contributed by atoms with Crippen LogP contribution >= 0.6 is 0 Å². The summed E-state index contributed by atoms with van der Waals surface area (Å²) in [5.74, 6) is 0.707. The number of rotatable bonds is 8. The van der Waals surface area contributed by atoms with Crippen molar-refractivity contribution in [3.05, 3.63) is 102 Å². The van der Waals surface area contributed by atoms with E-state index in [1.165, 1.54) is 0 Å². The fourth-order valence-corrected chi connectivity index (χ4v) is 2.77. The van der Waals surface area contributed by atoms with Crippen molar-refractivity contribution in [2.45, 2.75) is 19.1 Å². The van der Waals surface area contributed by atoms with Crippen molar-refractivity contribution < 1.29 is 14.3 Å². The van der Waals surface area contributed by atoms with Crippen molar-refractivity contribution in [2.75, 3.05) is 7.11 Å². The Bertz CT molecular complexity index is 811. The maximum atomic E-state index is 13.0. The van der Waals surface area contributed by atoms with Crippen molar-refractivity contribution in [1.29, 1.82) is 0 Å². The van der Waals surface area contributed by atoms with Crippen LogP contribution in [0.2, 0.25) is 0 Å². The van der Waals surface area contributed by atoms with Crippen LogP contribution in [0.3, 0.4) is 0 Å². The summed E-state index contributed by atoms with van der Waals surface area (Å²) >= 11 is 0. The lowest BCUT2D eigenvalue weighted by Gasteiger charge is -2.17. The first-order chi connectivity index (χ1) is 12.8. The quantitative estimate of drug-likeness (QED) is 0.554. The molecular weight excluding hydrogens is 324 g/mol. The Kier molecular flexibility index (Phi) is 6.18. The smallest absolute Gasteiger partial charge is 0.191 e. The van der Waals surface area contributed by atoms with Crippen LogP contribution in [0.1, 0.15) is 21.5 Å². The van der Waals surface area contributed by atoms with E-state index < -0.39 is 6.10 Å². The Morgan fingerprint density at radius 2 is 1.38 bits per heavy atom. The fraction of sp³-hybridized carbons (Fsp3) is 0.174. The molecule has 26 heavy (non-hydrogen) atoms. The van der Waals surface area contributed by atoms with Gasteiger partial charge < -0.3 is 9.47 Å². The third kappa shape index (κ3) is 4.80. The molecule has 0 aliphatic heterocycles. The Balaban J connectivity index is 1.77. The second kappa shape index (κ2) is 8.97. The van der Waals surface area contributed by atoms with E-state index in [0.717, 1.165) is 16.9 Å². The van der Waals surface area contributed by atoms with Crippen LogP contribution in [-0.4, -0.2) is 19.0 Å². The van der Waals surface area contributed by atoms with Gasteiger partial charge in [0, 0.05) is 12.0 Å². The number of carbonyl (C=O) groups excluding carboxylic acids is 1. The van der Waals surface area contributed by atoms with Crippen molar-refractivity contribution in [3.63, 3.8) is 0 Å². The van der Waals surface area contributed by atoms with Crippen molar-refractivity contribution in [3.8, 4) is 5.75 Å². The van der Waals surface area contributed by atoms with Gasteiger partial charge in [-0.05, 0) is 35.4 Å². The molecule has 0 fully saturated rings. The van der Waals surface area contributed by atoms with Gasteiger partial charge in [-0.1, -0.05) is 60.7 Å². The Morgan fingerprint density at radius 3 is 1.96 bits per heavy atom. The molecule has 3 aromatic carbocycles. The van der Waals surface area contributed by atoms with Gasteiger partial charge in [0.15, 0.2) is 5.78 Å². The number of Topliss-reactive ketones (excluding diaryl/α,β-unsaturated/α-hetero) is 1. The van der Waals surface area contributed by atoms with Gasteiger partial charge >= 0.3 is 0 Å². The molecule has 0 aromatic heterocycles. The zero-order valence-electron chi connectivity index (χ0n) is 14.8. The van der Waals surface area contributed by atoms with Gasteiger partial charge in [-0.15, -0.1) is 0 Å². The van der Waals surface area contributed by atoms with Crippen molar-refractivity contribution >= 4 is 5.78 Å². The average molecular weight is 346 g/mol. The molecule has 132 valence electrons. The molecule has 0 aliphatic rings. The highest BCUT2D eigenvalue weighted by Gasteiger charge is 2.21. The topological polar surface area (TPSA) is 35.5 Å². The Labute approximate surface area is 154 Å². The summed E-state index contributed by atoms with van der Waals surface area (Å²) in [5, 5.41) is 0. The zero-order chi connectivity index (χ0) is 18.2. The molecule has 3 aromatic rings. The summed E-state index contributed by atoms with van der Waals surface area (Å²) in [4.78, 5) is 13.0. The Hall–Kier alpha value is -2.91. The van der Waals surface area contributed by atoms with E-state index in [0.29, 0.717) is 18.6 Å². The molecule has 0 amide bonds. The van der Waals surface area contributed by atoms with E-state index in [-0.39, 0.29) is 5.78 Å². The Morgan fingerprint density at radius 1 is 0.808 bits per heavy atom. The standard InChI is InChI=1S/C23H22O3/c1-25-21-14-12-20(13-15-21)23(24)22(16-18-8-4-2-5-9-18)26-17-19-10-6-3-7-11-19/h2-15,22H,16-17H2,1H3/t22-/m0/s1. The maximum Gasteiger partial charge on any atom is 0.191 e. The number of carbonyl (C=O) groups is 1. The minimum Gasteiger partial charge on any atom is -0.497 e. The van der Waals surface area contributed by atoms with Gasteiger partial charge in [0.25, 0.3) is 0 Å². The molecule has 0 bridgehead atoms. The number of hydrogen-bond donors (Lipinski definition) is 0. The van der Waals surface area contributed by atoms with Crippen LogP contribution in [0.4, 0.5) is 0 Å². The highest BCUT2D eigenvalue weighted by Crippen LogP contribution is 2.17. The summed E-state index contributed by atoms with van der Waals surface area (Å²) in [6.07, 6.45) is 0.00410. The molecule has 0 saturated heterocycles. The molecule has 0 aliphatic carbocycles. The lowest BCUT2D eigenvalue weighted by molar-refractivity contribution is 0.0342. The minimum atomic E-state index is -0.536. The van der Waals surface area contributed by atoms with Crippen LogP contribution < -0.4 is 4.74 Å². The molecule has 0 radical (unpaired) electrons. The molecule has 0 N–H and O–H groups in total. The largest absolute Gasteiger partial charge is 0.497 e. The predicted molar refractivity (Wildman–Crippen MR) is 102 cm³/mol. The van der Waals surface area contributed by atoms with E-state index in [2.05, 4.69) is 0 Å². The van der Waals surface area contributed by atoms with E-state index >= 15 is 0 Å². The molecule has 1 atom stereocenters. The van der Waals surface area contributed by atoms with Gasteiger partial charge in [-0.3, -0.25) is 4.79 Å². The van der Waals surface area contributed by atoms with Crippen LogP contribution in [0.15, 0.2) is 84.9 Å². The normalized spacial score (nSPS) is 11.7. The van der Waals surface area contributed by atoms with Gasteiger partial charge in [0.05, 0.1) is 13.7 Å². The average Bonchev–Trinajstić information content (AvgIpc) is 2.72. The van der Waals surface area contributed by atoms with Crippen LogP contribution in [0, 0.1) is 0 Å². The third-order valence-corrected chi connectivity index (χ3v) is 4.22. The van der Waals surface area contributed by atoms with Crippen molar-refractivity contribution in [1.82, 2.24) is 0 Å². The summed E-state index contributed by atoms with van der Waals surface area (Å²) in [6, 6.07) is 27.0. The fourth-order valence-electron chi connectivity index (χ4n) is 2.77. The first-order valence-corrected chi connectivity index (χ1v) is 8.64. The van der Waals surface area contributed by atoms with Crippen molar-refractivity contribution in [2.24, 2.45) is 0 Å². The maximum absolute atomic E-state index is 13.0. The molecule has 0 saturated carbocycles. The monoisotopic (exact) mass is 346 g/mol. The first kappa shape index (κ1) is 17.9. The predicted octanol–water partition coefficient (Wildman–Crippen LogP) is 4.71. The summed E-state index contributed by atoms with van der Waals surface area (Å²) in [6.45, 7) is 0.403. The van der Waals surface area contributed by atoms with E-state index in [1.807, 2.05) is 60.7 Å². The molecule has 3 heteroatoms. The number of hydrogen-bond acceptors (Lipinski definition) is 3. The van der Waals surface area contributed by atoms with Crippen LogP contribution in [0.25, 0.3) is 0 Å². The van der Waals surface area contributed by atoms with Gasteiger partial charge in [-0.2, -0.15) is 0 Å². The number of methoxy groups -OCH3 is 1. The highest BCUT2D eigenvalue weighted by molar-refractivity contribution is 5.99. The second-order valence-electron chi connectivity index (χ2n) is 6.07. The molecule has 0 unspecified atom stereocenters. The van der Waals surface area contributed by atoms with E-state index in [1.54, 1.807) is 31.4 Å². The van der Waals surface area contributed by atoms with Gasteiger partial charge in [0.1, 0.15) is 11.9 Å². The third-order valence-electron chi connectivity index (χ3n) is 4.22. The molecular formula is C23H22O3. The molecule has 3 rings (SSSR count). The summed E-state index contributed by atoms with van der Waals surface area (Å²) in [7, 11) is 1.61. The first-order valence-electron chi connectivity index (χ1n) is 8.64. The zero-order valence-corrected chi connectivity index (χ0v) is 14.8. The highest BCUT2D eigenvalue weighted by atomic mass is 16.5. The number of ketones is 1. The summed E-state index contributed by atoms with van der Waals surface area (Å²) in [5.41, 5.74) is 2.75. The van der Waals surface area contributed by atoms with E-state index in [9.17, 15) is 4.79 Å². The van der Waals surface area contributed by atoms with Gasteiger partial charge in [0.2, 0.25) is 0 Å². The van der Waals surface area contributed by atoms with E-state index in [4.69, 9.17) is 9.47 Å². The lowest BCUT2D eigenvalue weighted by Crippen LogP contribution is -2.27. The number of benzene rings is 3. The lowest BCUT2D eigenvalue weighted by atomic mass is 9.99. The minimum absolute atomic E-state index is 0.0209. The van der Waals surface area contributed by atoms with Crippen LogP contribution in [0.5, 0.6) is 5.75 Å². The SMILES string of the molecule is COc1ccc(C(=O)[C@H](Cc2ccccc2)OCc2ccccc2)cc1. The summed E-state index contributed by atoms with van der Waals surface area (Å²) < 4.78 is 11.2. The number of ether oxygens (including phenoxy) is 2. The molecule has 0 heterocycles. The van der Waals surface area contributed by atoms with Crippen LogP contribution in [-0.2, 0) is 17.8 Å². The second-order valence-corrected chi connectivity index (χ2v) is 6.07. The molecule has 3 nitrogen and oxygen atoms in total. The van der Waals surface area contributed by atoms with Gasteiger partial charge in [-0.25, -0.2) is 0 Å².